The van der Waals surface area contributed by atoms with E-state index in [2.05, 4.69) is 44.0 Å². The molecule has 0 amide bonds. The molecule has 2 rings (SSSR count). The summed E-state index contributed by atoms with van der Waals surface area (Å²) in [5.74, 6) is 0.651. The lowest BCUT2D eigenvalue weighted by Crippen LogP contribution is -2.20. The van der Waals surface area contributed by atoms with Gasteiger partial charge >= 0.3 is 0 Å². The topological polar surface area (TPSA) is 29.3 Å². The van der Waals surface area contributed by atoms with Crippen molar-refractivity contribution in [3.05, 3.63) is 29.3 Å². The molecule has 0 saturated carbocycles. The second-order valence-corrected chi connectivity index (χ2v) is 4.82. The van der Waals surface area contributed by atoms with Crippen molar-refractivity contribution in [3.8, 4) is 0 Å². The zero-order chi connectivity index (χ0) is 11.0. The first-order chi connectivity index (χ1) is 7.09. The van der Waals surface area contributed by atoms with Gasteiger partial charge in [0, 0.05) is 31.2 Å². The monoisotopic (exact) mass is 204 g/mol. The Morgan fingerprint density at radius 2 is 2.27 bits per heavy atom. The van der Waals surface area contributed by atoms with Gasteiger partial charge in [0.1, 0.15) is 0 Å². The van der Waals surface area contributed by atoms with Crippen LogP contribution in [0.1, 0.15) is 30.9 Å². The summed E-state index contributed by atoms with van der Waals surface area (Å²) in [6.45, 7) is 5.49. The Kier molecular flexibility index (Phi) is 2.70. The number of benzene rings is 1. The van der Waals surface area contributed by atoms with Crippen molar-refractivity contribution in [1.29, 1.82) is 0 Å². The fourth-order valence-corrected chi connectivity index (χ4v) is 2.59. The molecule has 0 spiro atoms. The number of nitrogens with zero attached hydrogens (tertiary/aromatic N) is 1. The summed E-state index contributed by atoms with van der Waals surface area (Å²) in [4.78, 5) is 2.36. The third-order valence-electron chi connectivity index (χ3n) is 3.15. The standard InChI is InChI=1S/C13H20N2/c1-9-8-15(3)13-11(7-10(2)14)5-4-6-12(9)13/h4-6,9-10H,7-8,14H2,1-3H3. The van der Waals surface area contributed by atoms with Gasteiger partial charge in [0.15, 0.2) is 0 Å². The number of hydrogen-bond acceptors (Lipinski definition) is 2. The molecule has 1 aliphatic rings. The molecule has 0 saturated heterocycles. The molecule has 2 N–H and O–H groups in total. The van der Waals surface area contributed by atoms with Gasteiger partial charge in [0.2, 0.25) is 0 Å². The molecule has 0 aromatic heterocycles. The van der Waals surface area contributed by atoms with Crippen molar-refractivity contribution >= 4 is 5.69 Å². The van der Waals surface area contributed by atoms with Crippen molar-refractivity contribution in [2.75, 3.05) is 18.5 Å². The van der Waals surface area contributed by atoms with E-state index in [0.717, 1.165) is 13.0 Å². The van der Waals surface area contributed by atoms with E-state index >= 15 is 0 Å². The zero-order valence-electron chi connectivity index (χ0n) is 9.83. The second kappa shape index (κ2) is 3.86. The number of nitrogens with two attached hydrogens (primary N) is 1. The minimum atomic E-state index is 0.237. The van der Waals surface area contributed by atoms with Crippen molar-refractivity contribution < 1.29 is 0 Å². The Bertz CT molecular complexity index is 358. The fraction of sp³-hybridized carbons (Fsp3) is 0.538. The average Bonchev–Trinajstić information content (AvgIpc) is 2.43. The molecule has 1 aromatic rings. The minimum Gasteiger partial charge on any atom is -0.374 e. The van der Waals surface area contributed by atoms with Gasteiger partial charge in [0.05, 0.1) is 0 Å². The van der Waals surface area contributed by atoms with Crippen LogP contribution in [0, 0.1) is 0 Å². The van der Waals surface area contributed by atoms with Crippen LogP contribution in [0.15, 0.2) is 18.2 Å². The molecule has 1 aromatic carbocycles. The highest BCUT2D eigenvalue weighted by Gasteiger charge is 2.25. The van der Waals surface area contributed by atoms with Crippen LogP contribution in [-0.4, -0.2) is 19.6 Å². The molecule has 1 heterocycles. The van der Waals surface area contributed by atoms with E-state index in [1.165, 1.54) is 16.8 Å². The van der Waals surface area contributed by atoms with Crippen LogP contribution >= 0.6 is 0 Å². The lowest BCUT2D eigenvalue weighted by molar-refractivity contribution is 0.736. The van der Waals surface area contributed by atoms with Gasteiger partial charge in [-0.3, -0.25) is 0 Å². The van der Waals surface area contributed by atoms with Crippen molar-refractivity contribution in [2.24, 2.45) is 5.73 Å². The average molecular weight is 204 g/mol. The van der Waals surface area contributed by atoms with E-state index < -0.39 is 0 Å². The summed E-state index contributed by atoms with van der Waals surface area (Å²) in [5, 5.41) is 0. The van der Waals surface area contributed by atoms with Crippen LogP contribution in [0.4, 0.5) is 5.69 Å². The lowest BCUT2D eigenvalue weighted by Gasteiger charge is -2.17. The van der Waals surface area contributed by atoms with Gasteiger partial charge in [0.25, 0.3) is 0 Å². The molecule has 0 bridgehead atoms. The smallest absolute Gasteiger partial charge is 0.0432 e. The molecule has 1 aliphatic heterocycles. The lowest BCUT2D eigenvalue weighted by atomic mass is 9.98. The zero-order valence-corrected chi connectivity index (χ0v) is 9.83. The molecule has 15 heavy (non-hydrogen) atoms. The largest absolute Gasteiger partial charge is 0.374 e. The fourth-order valence-electron chi connectivity index (χ4n) is 2.59. The van der Waals surface area contributed by atoms with Gasteiger partial charge in [-0.05, 0) is 24.5 Å². The Morgan fingerprint density at radius 1 is 1.53 bits per heavy atom. The third kappa shape index (κ3) is 1.86. The second-order valence-electron chi connectivity index (χ2n) is 4.82. The summed E-state index contributed by atoms with van der Waals surface area (Å²) in [6, 6.07) is 6.85. The van der Waals surface area contributed by atoms with Crippen molar-refractivity contribution in [3.63, 3.8) is 0 Å². The first-order valence-electron chi connectivity index (χ1n) is 5.68. The molecule has 2 heteroatoms. The van der Waals surface area contributed by atoms with Crippen molar-refractivity contribution in [1.82, 2.24) is 0 Å². The Balaban J connectivity index is 2.41. The highest BCUT2D eigenvalue weighted by molar-refractivity contribution is 5.64. The van der Waals surface area contributed by atoms with E-state index in [1.807, 2.05) is 0 Å². The van der Waals surface area contributed by atoms with Crippen LogP contribution in [0.3, 0.4) is 0 Å². The van der Waals surface area contributed by atoms with Gasteiger partial charge < -0.3 is 10.6 Å². The maximum absolute atomic E-state index is 5.88. The normalized spacial score (nSPS) is 21.6. The van der Waals surface area contributed by atoms with E-state index in [-0.39, 0.29) is 6.04 Å². The molecule has 2 nitrogen and oxygen atoms in total. The molecule has 2 unspecified atom stereocenters. The van der Waals surface area contributed by atoms with Crippen LogP contribution in [0.5, 0.6) is 0 Å². The Morgan fingerprint density at radius 3 is 2.93 bits per heavy atom. The molecule has 0 radical (unpaired) electrons. The quantitative estimate of drug-likeness (QED) is 0.799. The van der Waals surface area contributed by atoms with Crippen molar-refractivity contribution in [2.45, 2.75) is 32.2 Å². The molecule has 0 aliphatic carbocycles. The van der Waals surface area contributed by atoms with E-state index in [1.54, 1.807) is 0 Å². The summed E-state index contributed by atoms with van der Waals surface area (Å²) in [6.07, 6.45) is 0.972. The summed E-state index contributed by atoms with van der Waals surface area (Å²) in [7, 11) is 2.17. The predicted molar refractivity (Wildman–Crippen MR) is 65.5 cm³/mol. The molecular weight excluding hydrogens is 184 g/mol. The van der Waals surface area contributed by atoms with Gasteiger partial charge in [-0.15, -0.1) is 0 Å². The van der Waals surface area contributed by atoms with E-state index in [0.29, 0.717) is 5.92 Å². The maximum Gasteiger partial charge on any atom is 0.0432 e. The van der Waals surface area contributed by atoms with Crippen LogP contribution in [0.25, 0.3) is 0 Å². The summed E-state index contributed by atoms with van der Waals surface area (Å²) >= 11 is 0. The maximum atomic E-state index is 5.88. The van der Waals surface area contributed by atoms with Crippen LogP contribution in [-0.2, 0) is 6.42 Å². The minimum absolute atomic E-state index is 0.237. The van der Waals surface area contributed by atoms with E-state index in [9.17, 15) is 0 Å². The number of fused-ring (bicyclic) bond motifs is 1. The first kappa shape index (κ1) is 10.5. The van der Waals surface area contributed by atoms with Crippen LogP contribution in [0.2, 0.25) is 0 Å². The highest BCUT2D eigenvalue weighted by atomic mass is 15.1. The predicted octanol–water partition coefficient (Wildman–Crippen LogP) is 2.13. The van der Waals surface area contributed by atoms with Gasteiger partial charge in [-0.25, -0.2) is 0 Å². The molecular formula is C13H20N2. The highest BCUT2D eigenvalue weighted by Crippen LogP contribution is 2.37. The molecule has 82 valence electrons. The van der Waals surface area contributed by atoms with Gasteiger partial charge in [-0.2, -0.15) is 0 Å². The van der Waals surface area contributed by atoms with Crippen LogP contribution < -0.4 is 10.6 Å². The first-order valence-corrected chi connectivity index (χ1v) is 5.68. The number of likely N-dealkylation sites (N-methyl/N-ethyl adjacent to an activating group) is 1. The molecule has 0 fully saturated rings. The summed E-state index contributed by atoms with van der Waals surface area (Å²) < 4.78 is 0. The number of hydrogen-bond donors (Lipinski definition) is 1. The summed E-state index contributed by atoms with van der Waals surface area (Å²) in [5.41, 5.74) is 10.2. The third-order valence-corrected chi connectivity index (χ3v) is 3.15. The Hall–Kier alpha value is -1.02. The Labute approximate surface area is 92.1 Å². The number of anilines is 1. The van der Waals surface area contributed by atoms with E-state index in [4.69, 9.17) is 5.73 Å². The molecule has 2 atom stereocenters. The van der Waals surface area contributed by atoms with Gasteiger partial charge in [-0.1, -0.05) is 25.1 Å². The number of rotatable bonds is 2. The number of para-hydroxylation sites is 1. The SMILES string of the molecule is CC(N)Cc1cccc2c1N(C)CC2C.